The number of halogens is 3. The molecular weight excluding hydrogens is 483 g/mol. The van der Waals surface area contributed by atoms with Gasteiger partial charge in [0.25, 0.3) is 0 Å². The highest BCUT2D eigenvalue weighted by Gasteiger charge is 2.54. The molecule has 5 rings (SSSR count). The van der Waals surface area contributed by atoms with E-state index in [0.717, 1.165) is 54.6 Å². The lowest BCUT2D eigenvalue weighted by Gasteiger charge is -2.43. The molecule has 1 aliphatic heterocycles. The average molecular weight is 518 g/mol. The summed E-state index contributed by atoms with van der Waals surface area (Å²) in [4.78, 5) is 17.0. The quantitative estimate of drug-likeness (QED) is 0.451. The van der Waals surface area contributed by atoms with Crippen LogP contribution in [-0.4, -0.2) is 21.2 Å². The monoisotopic (exact) mass is 517 g/mol. The summed E-state index contributed by atoms with van der Waals surface area (Å²) < 4.78 is 46.6. The molecule has 3 atom stereocenters. The molecule has 0 saturated heterocycles. The van der Waals surface area contributed by atoms with E-state index in [2.05, 4.69) is 0 Å². The Morgan fingerprint density at radius 3 is 2.30 bits per heavy atom. The number of carbonyl (C=O) groups is 1. The number of carboxylic acid groups (broad SMARTS) is 1. The number of pyridine rings is 1. The fourth-order valence-corrected chi connectivity index (χ4v) is 6.85. The number of nitrogens with zero attached hydrogens (tertiary/aromatic N) is 1. The van der Waals surface area contributed by atoms with Crippen LogP contribution in [0, 0.1) is 5.41 Å². The Morgan fingerprint density at radius 1 is 1.14 bits per heavy atom. The standard InChI is InChI=1S/C29H34F3NO4/c1-15(2)24-22-23(21-19(34)14-27(3,4)18(13-20(35)36)25(21)33-24)28(11-5-6-12-28)37-26(22)16-7-9-17(10-8-16)29(30,31)32/h7-10,15,18-19,26,34H,5-6,11-14H2,1-4H3,(H,35,36)/t18-,19+,26-/m1/s1. The van der Waals surface area contributed by atoms with E-state index in [1.54, 1.807) is 0 Å². The summed E-state index contributed by atoms with van der Waals surface area (Å²) in [5.74, 6) is -1.33. The van der Waals surface area contributed by atoms with Crippen LogP contribution in [0.15, 0.2) is 24.3 Å². The normalized spacial score (nSPS) is 25.9. The fraction of sp³-hybridized carbons (Fsp3) is 0.586. The van der Waals surface area contributed by atoms with E-state index in [1.807, 2.05) is 27.7 Å². The number of ether oxygens (including phenoxy) is 1. The van der Waals surface area contributed by atoms with E-state index in [0.29, 0.717) is 23.2 Å². The Bertz CT molecular complexity index is 1210. The molecule has 37 heavy (non-hydrogen) atoms. The van der Waals surface area contributed by atoms with Crippen LogP contribution in [0.25, 0.3) is 0 Å². The number of aliphatic carboxylic acids is 1. The third-order valence-electron chi connectivity index (χ3n) is 8.60. The van der Waals surface area contributed by atoms with Gasteiger partial charge in [0.2, 0.25) is 0 Å². The first-order valence-corrected chi connectivity index (χ1v) is 13.1. The van der Waals surface area contributed by atoms with Gasteiger partial charge in [-0.3, -0.25) is 9.78 Å². The molecule has 2 N–H and O–H groups in total. The smallest absolute Gasteiger partial charge is 0.416 e. The van der Waals surface area contributed by atoms with Crippen molar-refractivity contribution in [3.8, 4) is 0 Å². The molecule has 0 amide bonds. The Kier molecular flexibility index (Phi) is 6.23. The maximum atomic E-state index is 13.3. The first kappa shape index (κ1) is 26.2. The molecule has 0 bridgehead atoms. The van der Waals surface area contributed by atoms with Crippen LogP contribution in [-0.2, 0) is 21.3 Å². The van der Waals surface area contributed by atoms with E-state index in [4.69, 9.17) is 9.72 Å². The fourth-order valence-electron chi connectivity index (χ4n) is 6.85. The van der Waals surface area contributed by atoms with Crippen molar-refractivity contribution in [2.75, 3.05) is 0 Å². The molecule has 0 unspecified atom stereocenters. The second-order valence-corrected chi connectivity index (χ2v) is 11.9. The van der Waals surface area contributed by atoms with Crippen LogP contribution in [0.4, 0.5) is 13.2 Å². The van der Waals surface area contributed by atoms with Gasteiger partial charge in [0, 0.05) is 22.7 Å². The minimum Gasteiger partial charge on any atom is -0.481 e. The van der Waals surface area contributed by atoms with Crippen LogP contribution in [0.1, 0.15) is 129 Å². The number of carboxylic acids is 1. The van der Waals surface area contributed by atoms with Crippen LogP contribution < -0.4 is 0 Å². The molecule has 8 heteroatoms. The second kappa shape index (κ2) is 8.80. The van der Waals surface area contributed by atoms with E-state index < -0.39 is 40.9 Å². The van der Waals surface area contributed by atoms with E-state index >= 15 is 0 Å². The minimum atomic E-state index is -4.43. The van der Waals surface area contributed by atoms with Crippen molar-refractivity contribution in [3.63, 3.8) is 0 Å². The molecule has 2 aromatic rings. The Morgan fingerprint density at radius 2 is 1.76 bits per heavy atom. The summed E-state index contributed by atoms with van der Waals surface area (Å²) in [6, 6.07) is 5.11. The van der Waals surface area contributed by atoms with Gasteiger partial charge >= 0.3 is 12.1 Å². The van der Waals surface area contributed by atoms with Crippen molar-refractivity contribution in [2.45, 2.75) is 102 Å². The van der Waals surface area contributed by atoms with Gasteiger partial charge in [-0.25, -0.2) is 0 Å². The predicted molar refractivity (Wildman–Crippen MR) is 131 cm³/mol. The van der Waals surface area contributed by atoms with Crippen LogP contribution in [0.2, 0.25) is 0 Å². The molecule has 0 radical (unpaired) electrons. The molecule has 1 aromatic heterocycles. The zero-order chi connectivity index (χ0) is 26.9. The number of hydrogen-bond acceptors (Lipinski definition) is 4. The number of aliphatic hydroxyl groups is 1. The van der Waals surface area contributed by atoms with Gasteiger partial charge in [-0.15, -0.1) is 0 Å². The Hall–Kier alpha value is -2.45. The van der Waals surface area contributed by atoms with E-state index in [9.17, 15) is 28.2 Å². The maximum absolute atomic E-state index is 13.3. The molecule has 3 aliphatic rings. The second-order valence-electron chi connectivity index (χ2n) is 11.9. The highest BCUT2D eigenvalue weighted by molar-refractivity contribution is 5.69. The van der Waals surface area contributed by atoms with Gasteiger partial charge in [0.05, 0.1) is 29.4 Å². The summed E-state index contributed by atoms with van der Waals surface area (Å²) in [5, 5.41) is 21.2. The molecule has 1 aromatic carbocycles. The lowest BCUT2D eigenvalue weighted by atomic mass is 9.63. The third-order valence-corrected chi connectivity index (χ3v) is 8.60. The Labute approximate surface area is 215 Å². The number of aliphatic hydroxyl groups excluding tert-OH is 1. The highest BCUT2D eigenvalue weighted by Crippen LogP contribution is 2.61. The maximum Gasteiger partial charge on any atom is 0.416 e. The van der Waals surface area contributed by atoms with Gasteiger partial charge < -0.3 is 14.9 Å². The zero-order valence-electron chi connectivity index (χ0n) is 21.7. The lowest BCUT2D eigenvalue weighted by molar-refractivity contribution is -0.139. The van der Waals surface area contributed by atoms with Crippen LogP contribution in [0.3, 0.4) is 0 Å². The number of alkyl halides is 3. The topological polar surface area (TPSA) is 79.7 Å². The van der Waals surface area contributed by atoms with Crippen LogP contribution >= 0.6 is 0 Å². The van der Waals surface area contributed by atoms with Crippen molar-refractivity contribution in [3.05, 3.63) is 63.5 Å². The van der Waals surface area contributed by atoms with Gasteiger partial charge in [0.15, 0.2) is 0 Å². The molecule has 200 valence electrons. The van der Waals surface area contributed by atoms with E-state index in [1.165, 1.54) is 12.1 Å². The van der Waals surface area contributed by atoms with Crippen molar-refractivity contribution >= 4 is 5.97 Å². The first-order chi connectivity index (χ1) is 17.2. The number of fused-ring (bicyclic) bond motifs is 4. The van der Waals surface area contributed by atoms with Crippen molar-refractivity contribution in [2.24, 2.45) is 5.41 Å². The zero-order valence-corrected chi connectivity index (χ0v) is 21.7. The first-order valence-electron chi connectivity index (χ1n) is 13.1. The summed E-state index contributed by atoms with van der Waals surface area (Å²) in [5.41, 5.74) is 2.58. The van der Waals surface area contributed by atoms with Crippen molar-refractivity contribution in [1.82, 2.24) is 4.98 Å². The largest absolute Gasteiger partial charge is 0.481 e. The van der Waals surface area contributed by atoms with Crippen molar-refractivity contribution < 1.29 is 32.9 Å². The molecule has 5 nitrogen and oxygen atoms in total. The molecule has 1 saturated carbocycles. The van der Waals surface area contributed by atoms with Crippen LogP contribution in [0.5, 0.6) is 0 Å². The number of hydrogen-bond donors (Lipinski definition) is 2. The molecular formula is C29H34F3NO4. The van der Waals surface area contributed by atoms with E-state index in [-0.39, 0.29) is 18.3 Å². The number of rotatable bonds is 4. The predicted octanol–water partition coefficient (Wildman–Crippen LogP) is 7.13. The van der Waals surface area contributed by atoms with Gasteiger partial charge in [0.1, 0.15) is 6.10 Å². The molecule has 2 aliphatic carbocycles. The Balaban J connectivity index is 1.77. The van der Waals surface area contributed by atoms with Gasteiger partial charge in [-0.1, -0.05) is 52.7 Å². The number of aromatic nitrogens is 1. The average Bonchev–Trinajstić information content (AvgIpc) is 3.40. The molecule has 1 spiro atoms. The summed E-state index contributed by atoms with van der Waals surface area (Å²) in [7, 11) is 0. The van der Waals surface area contributed by atoms with Crippen molar-refractivity contribution in [1.29, 1.82) is 0 Å². The minimum absolute atomic E-state index is 0.0381. The number of benzene rings is 1. The SMILES string of the molecule is CC(C)c1nc2c(c3c1[C@@H](c1ccc(C(F)(F)F)cc1)OC31CCCC1)[C@@H](O)CC(C)(C)[C@@H]2CC(=O)O. The highest BCUT2D eigenvalue weighted by atomic mass is 19.4. The summed E-state index contributed by atoms with van der Waals surface area (Å²) in [6.07, 6.45) is -2.20. The van der Waals surface area contributed by atoms with Gasteiger partial charge in [-0.05, 0) is 53.9 Å². The summed E-state index contributed by atoms with van der Waals surface area (Å²) in [6.45, 7) is 7.97. The third kappa shape index (κ3) is 4.26. The summed E-state index contributed by atoms with van der Waals surface area (Å²) >= 11 is 0. The molecule has 1 fully saturated rings. The van der Waals surface area contributed by atoms with Gasteiger partial charge in [-0.2, -0.15) is 13.2 Å². The lowest BCUT2D eigenvalue weighted by Crippen LogP contribution is -2.36. The molecule has 2 heterocycles.